The summed E-state index contributed by atoms with van der Waals surface area (Å²) in [5, 5.41) is 0. The number of rotatable bonds is 5. The van der Waals surface area contributed by atoms with Gasteiger partial charge in [0.05, 0.1) is 17.6 Å². The van der Waals surface area contributed by atoms with Crippen LogP contribution in [0.3, 0.4) is 0 Å². The molecule has 1 amide bonds. The lowest BCUT2D eigenvalue weighted by atomic mass is 10.1. The van der Waals surface area contributed by atoms with E-state index in [1.807, 2.05) is 66.2 Å². The van der Waals surface area contributed by atoms with E-state index in [0.29, 0.717) is 6.54 Å². The SMILES string of the molecule is CO[C@H](C(=O)N(C)Cc1nc2ccccc2n1C)c1ccccc1. The first-order valence-electron chi connectivity index (χ1n) is 7.85. The van der Waals surface area contributed by atoms with Crippen LogP contribution in [0.1, 0.15) is 17.5 Å². The number of aromatic nitrogens is 2. The van der Waals surface area contributed by atoms with Crippen LogP contribution in [-0.4, -0.2) is 34.5 Å². The smallest absolute Gasteiger partial charge is 0.256 e. The van der Waals surface area contributed by atoms with Crippen LogP contribution >= 0.6 is 0 Å². The predicted molar refractivity (Wildman–Crippen MR) is 93.4 cm³/mol. The van der Waals surface area contributed by atoms with E-state index in [0.717, 1.165) is 22.4 Å². The van der Waals surface area contributed by atoms with Crippen molar-refractivity contribution >= 4 is 16.9 Å². The second-order valence-corrected chi connectivity index (χ2v) is 5.80. The number of ether oxygens (including phenoxy) is 1. The van der Waals surface area contributed by atoms with Gasteiger partial charge >= 0.3 is 0 Å². The van der Waals surface area contributed by atoms with Crippen LogP contribution < -0.4 is 0 Å². The zero-order valence-corrected chi connectivity index (χ0v) is 14.1. The third-order valence-corrected chi connectivity index (χ3v) is 4.20. The number of benzene rings is 2. The van der Waals surface area contributed by atoms with E-state index in [9.17, 15) is 4.79 Å². The van der Waals surface area contributed by atoms with Crippen molar-refractivity contribution in [2.45, 2.75) is 12.6 Å². The van der Waals surface area contributed by atoms with Gasteiger partial charge in [-0.3, -0.25) is 4.79 Å². The lowest BCUT2D eigenvalue weighted by Gasteiger charge is -2.23. The Balaban J connectivity index is 1.81. The molecule has 0 aliphatic carbocycles. The number of nitrogens with zero attached hydrogens (tertiary/aromatic N) is 3. The highest BCUT2D eigenvalue weighted by Gasteiger charge is 2.24. The van der Waals surface area contributed by atoms with Crippen LogP contribution in [0.25, 0.3) is 11.0 Å². The van der Waals surface area contributed by atoms with Gasteiger partial charge < -0.3 is 14.2 Å². The molecule has 0 radical (unpaired) electrons. The third kappa shape index (κ3) is 3.03. The summed E-state index contributed by atoms with van der Waals surface area (Å²) in [6.07, 6.45) is -0.606. The van der Waals surface area contributed by atoms with E-state index >= 15 is 0 Å². The first-order valence-corrected chi connectivity index (χ1v) is 7.85. The Labute approximate surface area is 141 Å². The summed E-state index contributed by atoms with van der Waals surface area (Å²) in [7, 11) is 5.29. The second-order valence-electron chi connectivity index (χ2n) is 5.80. The number of fused-ring (bicyclic) bond motifs is 1. The number of imidazole rings is 1. The van der Waals surface area contributed by atoms with Gasteiger partial charge in [0, 0.05) is 21.2 Å². The average Bonchev–Trinajstić information content (AvgIpc) is 2.92. The Kier molecular flexibility index (Phi) is 4.62. The molecule has 0 aliphatic heterocycles. The standard InChI is InChI=1S/C19H21N3O2/c1-21(19(23)18(24-3)14-9-5-4-6-10-14)13-17-20-15-11-7-8-12-16(15)22(17)2/h4-12,18H,13H2,1-3H3/t18-/m0/s1. The molecule has 0 fully saturated rings. The molecule has 1 heterocycles. The number of hydrogen-bond acceptors (Lipinski definition) is 3. The second kappa shape index (κ2) is 6.84. The number of aryl methyl sites for hydroxylation is 1. The van der Waals surface area contributed by atoms with Crippen molar-refractivity contribution in [3.8, 4) is 0 Å². The molecule has 0 saturated carbocycles. The molecule has 24 heavy (non-hydrogen) atoms. The van der Waals surface area contributed by atoms with Gasteiger partial charge in [0.15, 0.2) is 6.10 Å². The molecule has 0 saturated heterocycles. The molecular weight excluding hydrogens is 302 g/mol. The van der Waals surface area contributed by atoms with Crippen molar-refractivity contribution in [1.29, 1.82) is 0 Å². The van der Waals surface area contributed by atoms with Gasteiger partial charge in [0.2, 0.25) is 0 Å². The molecule has 124 valence electrons. The molecule has 1 aromatic heterocycles. The Hall–Kier alpha value is -2.66. The van der Waals surface area contributed by atoms with Crippen molar-refractivity contribution in [1.82, 2.24) is 14.5 Å². The Bertz CT molecular complexity index is 842. The largest absolute Gasteiger partial charge is 0.367 e. The van der Waals surface area contributed by atoms with Crippen LogP contribution in [0.15, 0.2) is 54.6 Å². The van der Waals surface area contributed by atoms with E-state index in [1.54, 1.807) is 19.1 Å². The number of carbonyl (C=O) groups is 1. The van der Waals surface area contributed by atoms with E-state index in [1.165, 1.54) is 0 Å². The summed E-state index contributed by atoms with van der Waals surface area (Å²) < 4.78 is 7.45. The van der Waals surface area contributed by atoms with Gasteiger partial charge in [0.25, 0.3) is 5.91 Å². The van der Waals surface area contributed by atoms with Gasteiger partial charge in [0.1, 0.15) is 5.82 Å². The van der Waals surface area contributed by atoms with Crippen molar-refractivity contribution in [2.75, 3.05) is 14.2 Å². The zero-order chi connectivity index (χ0) is 17.1. The maximum Gasteiger partial charge on any atom is 0.256 e. The molecule has 0 unspecified atom stereocenters. The molecule has 1 atom stereocenters. The van der Waals surface area contributed by atoms with Crippen LogP contribution in [0.5, 0.6) is 0 Å². The average molecular weight is 323 g/mol. The summed E-state index contributed by atoms with van der Waals surface area (Å²) in [5.74, 6) is 0.755. The normalized spacial score (nSPS) is 12.3. The number of methoxy groups -OCH3 is 1. The molecule has 2 aromatic carbocycles. The maximum absolute atomic E-state index is 12.8. The van der Waals surface area contributed by atoms with Crippen molar-refractivity contribution < 1.29 is 9.53 Å². The molecule has 0 spiro atoms. The van der Waals surface area contributed by atoms with Crippen molar-refractivity contribution in [3.05, 3.63) is 66.0 Å². The van der Waals surface area contributed by atoms with Gasteiger partial charge in [-0.2, -0.15) is 0 Å². The molecule has 3 aromatic rings. The lowest BCUT2D eigenvalue weighted by molar-refractivity contribution is -0.141. The summed E-state index contributed by atoms with van der Waals surface area (Å²) in [6, 6.07) is 17.5. The van der Waals surface area contributed by atoms with Gasteiger partial charge in [-0.25, -0.2) is 4.98 Å². The molecule has 0 bridgehead atoms. The van der Waals surface area contributed by atoms with E-state index in [4.69, 9.17) is 4.74 Å². The lowest BCUT2D eigenvalue weighted by Crippen LogP contribution is -2.33. The molecule has 3 rings (SSSR count). The minimum Gasteiger partial charge on any atom is -0.367 e. The minimum absolute atomic E-state index is 0.0873. The summed E-state index contributed by atoms with van der Waals surface area (Å²) >= 11 is 0. The Morgan fingerprint density at radius 3 is 2.50 bits per heavy atom. The van der Waals surface area contributed by atoms with Crippen molar-refractivity contribution in [3.63, 3.8) is 0 Å². The molecule has 5 nitrogen and oxygen atoms in total. The summed E-state index contributed by atoms with van der Waals surface area (Å²) in [5.41, 5.74) is 2.84. The molecule has 5 heteroatoms. The monoisotopic (exact) mass is 323 g/mol. The number of para-hydroxylation sites is 2. The fraction of sp³-hybridized carbons (Fsp3) is 0.263. The number of carbonyl (C=O) groups excluding carboxylic acids is 1. The summed E-state index contributed by atoms with van der Waals surface area (Å²) in [4.78, 5) is 19.0. The number of likely N-dealkylation sites (N-methyl/N-ethyl adjacent to an activating group) is 1. The topological polar surface area (TPSA) is 47.4 Å². The van der Waals surface area contributed by atoms with E-state index in [-0.39, 0.29) is 5.91 Å². The summed E-state index contributed by atoms with van der Waals surface area (Å²) in [6.45, 7) is 0.427. The molecule has 0 aliphatic rings. The van der Waals surface area contributed by atoms with Gasteiger partial charge in [-0.05, 0) is 17.7 Å². The van der Waals surface area contributed by atoms with Crippen molar-refractivity contribution in [2.24, 2.45) is 7.05 Å². The third-order valence-electron chi connectivity index (χ3n) is 4.20. The van der Waals surface area contributed by atoms with Crippen LogP contribution in [0.2, 0.25) is 0 Å². The maximum atomic E-state index is 12.8. The molecule has 0 N–H and O–H groups in total. The van der Waals surface area contributed by atoms with Gasteiger partial charge in [-0.1, -0.05) is 42.5 Å². The fourth-order valence-corrected chi connectivity index (χ4v) is 2.83. The molecular formula is C19H21N3O2. The Morgan fingerprint density at radius 1 is 1.17 bits per heavy atom. The fourth-order valence-electron chi connectivity index (χ4n) is 2.83. The van der Waals surface area contributed by atoms with Crippen LogP contribution in [-0.2, 0) is 23.1 Å². The number of hydrogen-bond donors (Lipinski definition) is 0. The quantitative estimate of drug-likeness (QED) is 0.725. The highest BCUT2D eigenvalue weighted by Crippen LogP contribution is 2.20. The highest BCUT2D eigenvalue weighted by atomic mass is 16.5. The predicted octanol–water partition coefficient (Wildman–Crippen LogP) is 2.92. The van der Waals surface area contributed by atoms with E-state index in [2.05, 4.69) is 4.98 Å². The Morgan fingerprint density at radius 2 is 1.83 bits per heavy atom. The van der Waals surface area contributed by atoms with Crippen LogP contribution in [0, 0.1) is 0 Å². The number of amides is 1. The first-order chi connectivity index (χ1) is 11.6. The first kappa shape index (κ1) is 16.2. The minimum atomic E-state index is -0.606. The van der Waals surface area contributed by atoms with Crippen LogP contribution in [0.4, 0.5) is 0 Å². The van der Waals surface area contributed by atoms with Gasteiger partial charge in [-0.15, -0.1) is 0 Å². The highest BCUT2D eigenvalue weighted by molar-refractivity contribution is 5.82. The van der Waals surface area contributed by atoms with E-state index < -0.39 is 6.10 Å². The zero-order valence-electron chi connectivity index (χ0n) is 14.1.